The summed E-state index contributed by atoms with van der Waals surface area (Å²) in [5.41, 5.74) is 2.15. The maximum absolute atomic E-state index is 12.4. The van der Waals surface area contributed by atoms with Crippen molar-refractivity contribution in [2.75, 3.05) is 13.1 Å². The number of furan rings is 1. The van der Waals surface area contributed by atoms with Crippen LogP contribution in [0.25, 0.3) is 17.1 Å². The van der Waals surface area contributed by atoms with Crippen LogP contribution in [0, 0.1) is 6.92 Å². The number of carbonyl (C=O) groups excluding carboxylic acids is 1. The molecule has 3 heterocycles. The predicted molar refractivity (Wildman–Crippen MR) is 92.4 cm³/mol. The van der Waals surface area contributed by atoms with Gasteiger partial charge in [0.2, 0.25) is 5.91 Å². The van der Waals surface area contributed by atoms with Gasteiger partial charge in [-0.15, -0.1) is 0 Å². The number of rotatable bonds is 3. The molecule has 0 unspecified atom stereocenters. The highest BCUT2D eigenvalue weighted by Gasteiger charge is 2.28. The number of nitrogens with zero attached hydrogens (tertiary/aromatic N) is 3. The fraction of sp³-hybridized carbons (Fsp3) is 0.263. The van der Waals surface area contributed by atoms with Crippen LogP contribution in [-0.2, 0) is 4.79 Å². The highest BCUT2D eigenvalue weighted by Crippen LogP contribution is 2.28. The zero-order valence-electron chi connectivity index (χ0n) is 13.6. The van der Waals surface area contributed by atoms with Gasteiger partial charge in [0.1, 0.15) is 11.6 Å². The van der Waals surface area contributed by atoms with E-state index in [1.54, 1.807) is 18.4 Å². The molecule has 2 aromatic heterocycles. The SMILES string of the molecule is Cc1nc2ccccc2n1[C@@H]1CCN(C(=O)/C=C/c2ccco2)C1. The normalized spacial score (nSPS) is 18.0. The first kappa shape index (κ1) is 14.8. The molecule has 1 atom stereocenters. The fourth-order valence-corrected chi connectivity index (χ4v) is 3.42. The van der Waals surface area contributed by atoms with Crippen LogP contribution in [0.15, 0.2) is 53.2 Å². The highest BCUT2D eigenvalue weighted by molar-refractivity contribution is 5.91. The number of hydrogen-bond donors (Lipinski definition) is 0. The van der Waals surface area contributed by atoms with Crippen molar-refractivity contribution in [3.05, 3.63) is 60.3 Å². The quantitative estimate of drug-likeness (QED) is 0.695. The molecule has 0 bridgehead atoms. The van der Waals surface area contributed by atoms with Gasteiger partial charge in [-0.1, -0.05) is 12.1 Å². The highest BCUT2D eigenvalue weighted by atomic mass is 16.3. The van der Waals surface area contributed by atoms with Crippen LogP contribution in [0.3, 0.4) is 0 Å². The average molecular weight is 321 g/mol. The van der Waals surface area contributed by atoms with Crippen molar-refractivity contribution in [2.45, 2.75) is 19.4 Å². The lowest BCUT2D eigenvalue weighted by atomic mass is 10.2. The Labute approximate surface area is 140 Å². The third kappa shape index (κ3) is 2.62. The van der Waals surface area contributed by atoms with Crippen LogP contribution in [-0.4, -0.2) is 33.4 Å². The summed E-state index contributed by atoms with van der Waals surface area (Å²) in [5.74, 6) is 1.72. The maximum Gasteiger partial charge on any atom is 0.246 e. The van der Waals surface area contributed by atoms with E-state index in [1.807, 2.05) is 42.2 Å². The van der Waals surface area contributed by atoms with E-state index in [2.05, 4.69) is 15.6 Å². The Hall–Kier alpha value is -2.82. The lowest BCUT2D eigenvalue weighted by molar-refractivity contribution is -0.125. The Balaban J connectivity index is 1.51. The number of benzene rings is 1. The molecule has 0 radical (unpaired) electrons. The van der Waals surface area contributed by atoms with Gasteiger partial charge in [-0.3, -0.25) is 4.79 Å². The first-order valence-electron chi connectivity index (χ1n) is 8.16. The molecule has 5 nitrogen and oxygen atoms in total. The van der Waals surface area contributed by atoms with Crippen LogP contribution in [0.2, 0.25) is 0 Å². The lowest BCUT2D eigenvalue weighted by Crippen LogP contribution is -2.27. The zero-order chi connectivity index (χ0) is 16.5. The van der Waals surface area contributed by atoms with E-state index in [-0.39, 0.29) is 11.9 Å². The second-order valence-corrected chi connectivity index (χ2v) is 6.09. The maximum atomic E-state index is 12.4. The molecular weight excluding hydrogens is 302 g/mol. The topological polar surface area (TPSA) is 51.3 Å². The van der Waals surface area contributed by atoms with E-state index in [0.29, 0.717) is 12.3 Å². The van der Waals surface area contributed by atoms with Gasteiger partial charge in [-0.2, -0.15) is 0 Å². The minimum Gasteiger partial charge on any atom is -0.465 e. The minimum atomic E-state index is 0.0240. The largest absolute Gasteiger partial charge is 0.465 e. The number of carbonyl (C=O) groups is 1. The first-order valence-corrected chi connectivity index (χ1v) is 8.16. The fourth-order valence-electron chi connectivity index (χ4n) is 3.42. The molecular formula is C19H19N3O2. The van der Waals surface area contributed by atoms with E-state index in [4.69, 9.17) is 4.42 Å². The molecule has 122 valence electrons. The number of amides is 1. The molecule has 1 aliphatic rings. The number of aromatic nitrogens is 2. The van der Waals surface area contributed by atoms with Gasteiger partial charge in [0.25, 0.3) is 0 Å². The van der Waals surface area contributed by atoms with Crippen LogP contribution in [0.4, 0.5) is 0 Å². The standard InChI is InChI=1S/C19H19N3O2/c1-14-20-17-6-2-3-7-18(17)22(14)15-10-11-21(13-15)19(23)9-8-16-5-4-12-24-16/h2-9,12,15H,10-11,13H2,1H3/b9-8+/t15-/m1/s1. The predicted octanol–water partition coefficient (Wildman–Crippen LogP) is 3.42. The first-order chi connectivity index (χ1) is 11.7. The lowest BCUT2D eigenvalue weighted by Gasteiger charge is -2.17. The molecule has 24 heavy (non-hydrogen) atoms. The smallest absolute Gasteiger partial charge is 0.246 e. The Bertz CT molecular complexity index is 893. The molecule has 0 spiro atoms. The van der Waals surface area contributed by atoms with E-state index >= 15 is 0 Å². The van der Waals surface area contributed by atoms with Crippen molar-refractivity contribution in [1.82, 2.24) is 14.5 Å². The van der Waals surface area contributed by atoms with Gasteiger partial charge in [0.05, 0.1) is 23.3 Å². The molecule has 4 rings (SSSR count). The molecule has 3 aromatic rings. The molecule has 0 saturated carbocycles. The molecule has 1 saturated heterocycles. The van der Waals surface area contributed by atoms with Gasteiger partial charge in [0, 0.05) is 19.2 Å². The summed E-state index contributed by atoms with van der Waals surface area (Å²) < 4.78 is 7.48. The van der Waals surface area contributed by atoms with Crippen LogP contribution in [0.5, 0.6) is 0 Å². The Morgan fingerprint density at radius 1 is 1.29 bits per heavy atom. The molecule has 1 aromatic carbocycles. The zero-order valence-corrected chi connectivity index (χ0v) is 13.6. The molecule has 1 amide bonds. The Kier molecular flexibility index (Phi) is 3.69. The summed E-state index contributed by atoms with van der Waals surface area (Å²) in [6, 6.07) is 12.1. The van der Waals surface area contributed by atoms with Crippen LogP contribution >= 0.6 is 0 Å². The monoisotopic (exact) mass is 321 g/mol. The van der Waals surface area contributed by atoms with Gasteiger partial charge in [-0.05, 0) is 43.7 Å². The third-order valence-electron chi connectivity index (χ3n) is 4.55. The third-order valence-corrected chi connectivity index (χ3v) is 4.55. The summed E-state index contributed by atoms with van der Waals surface area (Å²) in [6.07, 6.45) is 5.85. The van der Waals surface area contributed by atoms with E-state index < -0.39 is 0 Å². The minimum absolute atomic E-state index is 0.0240. The number of likely N-dealkylation sites (tertiary alicyclic amines) is 1. The molecule has 1 aliphatic heterocycles. The second kappa shape index (κ2) is 6.00. The second-order valence-electron chi connectivity index (χ2n) is 6.09. The number of fused-ring (bicyclic) bond motifs is 1. The van der Waals surface area contributed by atoms with Gasteiger partial charge < -0.3 is 13.9 Å². The van der Waals surface area contributed by atoms with Gasteiger partial charge in [-0.25, -0.2) is 4.98 Å². The Morgan fingerprint density at radius 3 is 3.00 bits per heavy atom. The molecule has 0 N–H and O–H groups in total. The van der Waals surface area contributed by atoms with Crippen molar-refractivity contribution < 1.29 is 9.21 Å². The number of para-hydroxylation sites is 2. The summed E-state index contributed by atoms with van der Waals surface area (Å²) in [6.45, 7) is 3.50. The van der Waals surface area contributed by atoms with E-state index in [0.717, 1.165) is 29.8 Å². The van der Waals surface area contributed by atoms with Crippen molar-refractivity contribution in [1.29, 1.82) is 0 Å². The molecule has 5 heteroatoms. The summed E-state index contributed by atoms with van der Waals surface area (Å²) >= 11 is 0. The van der Waals surface area contributed by atoms with Crippen LogP contribution < -0.4 is 0 Å². The number of hydrogen-bond acceptors (Lipinski definition) is 3. The van der Waals surface area contributed by atoms with E-state index in [1.165, 1.54) is 0 Å². The molecule has 1 fully saturated rings. The molecule has 0 aliphatic carbocycles. The van der Waals surface area contributed by atoms with Gasteiger partial charge >= 0.3 is 0 Å². The van der Waals surface area contributed by atoms with Crippen LogP contribution in [0.1, 0.15) is 24.0 Å². The van der Waals surface area contributed by atoms with E-state index in [9.17, 15) is 4.79 Å². The Morgan fingerprint density at radius 2 is 2.17 bits per heavy atom. The average Bonchev–Trinajstić information content (AvgIpc) is 3.31. The summed E-state index contributed by atoms with van der Waals surface area (Å²) in [4.78, 5) is 18.9. The summed E-state index contributed by atoms with van der Waals surface area (Å²) in [7, 11) is 0. The van der Waals surface area contributed by atoms with Crippen molar-refractivity contribution in [3.63, 3.8) is 0 Å². The van der Waals surface area contributed by atoms with Crippen molar-refractivity contribution >= 4 is 23.0 Å². The number of aryl methyl sites for hydroxylation is 1. The number of imidazole rings is 1. The van der Waals surface area contributed by atoms with Crippen molar-refractivity contribution in [3.8, 4) is 0 Å². The van der Waals surface area contributed by atoms with Gasteiger partial charge in [0.15, 0.2) is 0 Å². The van der Waals surface area contributed by atoms with Crippen molar-refractivity contribution in [2.24, 2.45) is 0 Å². The summed E-state index contributed by atoms with van der Waals surface area (Å²) in [5, 5.41) is 0.